The quantitative estimate of drug-likeness (QED) is 0.185. The van der Waals surface area contributed by atoms with E-state index in [9.17, 15) is 9.59 Å². The van der Waals surface area contributed by atoms with E-state index in [1.54, 1.807) is 48.5 Å². The van der Waals surface area contributed by atoms with E-state index in [2.05, 4.69) is 39.5 Å². The molecule has 2 aromatic carbocycles. The molecule has 0 unspecified atom stereocenters. The van der Waals surface area contributed by atoms with E-state index < -0.39 is 24.0 Å². The van der Waals surface area contributed by atoms with Gasteiger partial charge in [0, 0.05) is 67.4 Å². The van der Waals surface area contributed by atoms with Crippen LogP contribution in [0.2, 0.25) is 0 Å². The molecule has 11 nitrogen and oxygen atoms in total. The number of carbonyl (C=O) groups is 2. The first kappa shape index (κ1) is 40.2. The Balaban J connectivity index is 0.000000235. The van der Waals surface area contributed by atoms with Crippen molar-refractivity contribution in [3.05, 3.63) is 101 Å². The molecule has 2 saturated carbocycles. The summed E-state index contributed by atoms with van der Waals surface area (Å²) < 4.78 is 0. The van der Waals surface area contributed by atoms with Gasteiger partial charge in [0.1, 0.15) is 12.1 Å². The van der Waals surface area contributed by atoms with Crippen LogP contribution in [0, 0.1) is 0 Å². The molecule has 3 aliphatic rings. The van der Waals surface area contributed by atoms with Crippen LogP contribution < -0.4 is 32.7 Å². The summed E-state index contributed by atoms with van der Waals surface area (Å²) in [6.45, 7) is 3.89. The Kier molecular flexibility index (Phi) is 17.9. The molecule has 1 aromatic heterocycles. The van der Waals surface area contributed by atoms with Crippen molar-refractivity contribution < 1.29 is 36.9 Å². The number of pyridine rings is 1. The van der Waals surface area contributed by atoms with Gasteiger partial charge in [-0.25, -0.2) is 0 Å². The number of hydrogen-bond donors (Lipinski definition) is 8. The second-order valence-corrected chi connectivity index (χ2v) is 12.7. The minimum absolute atomic E-state index is 0. The maximum Gasteiger partial charge on any atom is 0.325 e. The van der Waals surface area contributed by atoms with Crippen LogP contribution >= 0.6 is 0 Å². The molecule has 6 rings (SSSR count). The van der Waals surface area contributed by atoms with Crippen molar-refractivity contribution in [1.29, 1.82) is 0 Å². The molecule has 10 N–H and O–H groups in total. The van der Waals surface area contributed by atoms with Crippen molar-refractivity contribution in [2.24, 2.45) is 11.5 Å². The average Bonchev–Trinajstić information content (AvgIpc) is 3.13. The molecule has 0 amide bonds. The number of carboxylic acids is 2. The van der Waals surface area contributed by atoms with Gasteiger partial charge in [0.2, 0.25) is 0 Å². The minimum Gasteiger partial charge on any atom is -0.480 e. The van der Waals surface area contributed by atoms with Gasteiger partial charge in [-0.05, 0) is 48.9 Å². The van der Waals surface area contributed by atoms with E-state index >= 15 is 0 Å². The van der Waals surface area contributed by atoms with Crippen molar-refractivity contribution in [3.8, 4) is 0 Å². The molecule has 3 aromatic rings. The molecular formula is C37H53MnN7O4. The molecule has 12 heteroatoms. The SMILES string of the molecule is N[C@H](C(=O)O)c1ccccc1.N[C@H](C(=O)O)c1ccccc1.[Mn].c1cc2nc(c1)CN[C@@H]1CCCC[C@@H]1NCCN[C@H]1CCCC[C@@H]1NC2. The van der Waals surface area contributed by atoms with E-state index in [1.807, 2.05) is 12.1 Å². The number of aliphatic carboxylic acids is 2. The number of hydrogen-bond acceptors (Lipinski definition) is 9. The molecule has 2 heterocycles. The van der Waals surface area contributed by atoms with Gasteiger partial charge in [-0.3, -0.25) is 14.6 Å². The van der Waals surface area contributed by atoms with Gasteiger partial charge in [0.15, 0.2) is 0 Å². The number of nitrogens with two attached hydrogens (primary N) is 2. The summed E-state index contributed by atoms with van der Waals surface area (Å²) in [5.74, 6) is -2.01. The van der Waals surface area contributed by atoms with Crippen LogP contribution in [0.1, 0.15) is 86.0 Å². The van der Waals surface area contributed by atoms with Crippen LogP contribution in [0.4, 0.5) is 0 Å². The van der Waals surface area contributed by atoms with E-state index in [1.165, 1.54) is 62.8 Å². The summed E-state index contributed by atoms with van der Waals surface area (Å²) in [5, 5.41) is 32.2. The van der Waals surface area contributed by atoms with Crippen LogP contribution in [0.25, 0.3) is 0 Å². The molecule has 267 valence electrons. The molecule has 6 atom stereocenters. The van der Waals surface area contributed by atoms with E-state index in [4.69, 9.17) is 26.7 Å². The normalized spacial score (nSPS) is 23.6. The number of nitrogens with one attached hydrogen (secondary N) is 4. The van der Waals surface area contributed by atoms with Gasteiger partial charge < -0.3 is 42.9 Å². The van der Waals surface area contributed by atoms with Crippen LogP contribution in [0.15, 0.2) is 78.9 Å². The second-order valence-electron chi connectivity index (χ2n) is 12.7. The minimum atomic E-state index is -1.00. The monoisotopic (exact) mass is 714 g/mol. The summed E-state index contributed by atoms with van der Waals surface area (Å²) in [6, 6.07) is 24.4. The fourth-order valence-electron chi connectivity index (χ4n) is 6.56. The Hall–Kier alpha value is -3.19. The summed E-state index contributed by atoms with van der Waals surface area (Å²) in [5.41, 5.74) is 14.3. The van der Waals surface area contributed by atoms with Crippen LogP contribution in [0.5, 0.6) is 0 Å². The molecule has 0 saturated heterocycles. The Morgan fingerprint density at radius 2 is 0.918 bits per heavy atom. The third-order valence-electron chi connectivity index (χ3n) is 9.27. The zero-order valence-corrected chi connectivity index (χ0v) is 29.3. The van der Waals surface area contributed by atoms with Gasteiger partial charge in [-0.1, -0.05) is 92.4 Å². The van der Waals surface area contributed by atoms with Crippen LogP contribution in [0.3, 0.4) is 0 Å². The van der Waals surface area contributed by atoms with E-state index in [-0.39, 0.29) is 17.1 Å². The van der Waals surface area contributed by atoms with Crippen molar-refractivity contribution in [3.63, 3.8) is 0 Å². The molecule has 1 radical (unpaired) electrons. The first-order valence-corrected chi connectivity index (χ1v) is 17.3. The number of rotatable bonds is 4. The fourth-order valence-corrected chi connectivity index (χ4v) is 6.56. The molecule has 2 fully saturated rings. The van der Waals surface area contributed by atoms with Crippen molar-refractivity contribution in [2.45, 2.75) is 101 Å². The van der Waals surface area contributed by atoms with Crippen molar-refractivity contribution >= 4 is 11.9 Å². The topological polar surface area (TPSA) is 188 Å². The maximum absolute atomic E-state index is 10.4. The van der Waals surface area contributed by atoms with E-state index in [0.29, 0.717) is 35.3 Å². The molecular weight excluding hydrogens is 661 g/mol. The third-order valence-corrected chi connectivity index (χ3v) is 9.27. The fraction of sp³-hybridized carbons (Fsp3) is 0.486. The van der Waals surface area contributed by atoms with Gasteiger partial charge in [0.25, 0.3) is 0 Å². The molecule has 0 spiro atoms. The Labute approximate surface area is 300 Å². The number of nitrogens with zero attached hydrogens (tertiary/aromatic N) is 1. The Morgan fingerprint density at radius 1 is 0.571 bits per heavy atom. The number of carboxylic acid groups (broad SMARTS) is 2. The summed E-state index contributed by atoms with van der Waals surface area (Å²) in [7, 11) is 0. The Morgan fingerprint density at radius 3 is 1.27 bits per heavy atom. The standard InChI is InChI=1S/C21H35N5.2C8H9NO2.Mn/c1-3-10-20-18(8-1)22-12-13-23-19-9-2-4-11-21(19)25-15-17-7-5-6-16(26-17)14-24-20;2*9-7(8(10)11)6-4-2-1-3-5-6;/h5-7,18-25H,1-4,8-15H2;2*1-5,7H,9H2,(H,10,11);/t18-,19-,20-,21+;2*7-;/m000./s1. The molecule has 2 bridgehead atoms. The molecule has 2 aliphatic carbocycles. The Bertz CT molecular complexity index is 1290. The average molecular weight is 715 g/mol. The van der Waals surface area contributed by atoms with Gasteiger partial charge in [0.05, 0.1) is 11.4 Å². The van der Waals surface area contributed by atoms with Crippen LogP contribution in [-0.2, 0) is 39.7 Å². The summed E-state index contributed by atoms with van der Waals surface area (Å²) in [4.78, 5) is 25.6. The number of benzene rings is 2. The molecule has 49 heavy (non-hydrogen) atoms. The van der Waals surface area contributed by atoms with Crippen molar-refractivity contribution in [2.75, 3.05) is 13.1 Å². The first-order chi connectivity index (χ1) is 23.3. The zero-order chi connectivity index (χ0) is 34.1. The third kappa shape index (κ3) is 13.6. The maximum atomic E-state index is 10.4. The first-order valence-electron chi connectivity index (χ1n) is 17.3. The zero-order valence-electron chi connectivity index (χ0n) is 28.1. The summed E-state index contributed by atoms with van der Waals surface area (Å²) in [6.07, 6.45) is 10.5. The van der Waals surface area contributed by atoms with Crippen molar-refractivity contribution in [1.82, 2.24) is 26.3 Å². The predicted molar refractivity (Wildman–Crippen MR) is 188 cm³/mol. The van der Waals surface area contributed by atoms with Gasteiger partial charge in [-0.2, -0.15) is 0 Å². The largest absolute Gasteiger partial charge is 0.480 e. The second kappa shape index (κ2) is 21.8. The van der Waals surface area contributed by atoms with Crippen LogP contribution in [-0.4, -0.2) is 64.4 Å². The van der Waals surface area contributed by atoms with Gasteiger partial charge >= 0.3 is 11.9 Å². The predicted octanol–water partition coefficient (Wildman–Crippen LogP) is 3.62. The summed E-state index contributed by atoms with van der Waals surface area (Å²) >= 11 is 0. The number of fused-ring (bicyclic) bond motifs is 4. The number of aromatic nitrogens is 1. The molecule has 1 aliphatic heterocycles. The van der Waals surface area contributed by atoms with E-state index in [0.717, 1.165) is 26.2 Å². The smallest absolute Gasteiger partial charge is 0.325 e. The van der Waals surface area contributed by atoms with Gasteiger partial charge in [-0.15, -0.1) is 0 Å².